The molecule has 0 spiro atoms. The van der Waals surface area contributed by atoms with Crippen LogP contribution in [-0.4, -0.2) is 45.9 Å². The van der Waals surface area contributed by atoms with Gasteiger partial charge in [0.25, 0.3) is 0 Å². The van der Waals surface area contributed by atoms with Crippen LogP contribution in [0, 0.1) is 0 Å². The average Bonchev–Trinajstić information content (AvgIpc) is 3.26. The zero-order chi connectivity index (χ0) is 25.4. The predicted octanol–water partition coefficient (Wildman–Crippen LogP) is 5.79. The van der Waals surface area contributed by atoms with Gasteiger partial charge in [0.15, 0.2) is 11.5 Å². The number of methoxy groups -OCH3 is 1. The highest BCUT2D eigenvalue weighted by molar-refractivity contribution is 6.35. The zero-order valence-electron chi connectivity index (χ0n) is 20.4. The third-order valence-corrected chi connectivity index (χ3v) is 7.30. The van der Waals surface area contributed by atoms with Gasteiger partial charge in [-0.3, -0.25) is 10.1 Å². The van der Waals surface area contributed by atoms with E-state index in [4.69, 9.17) is 43.4 Å². The summed E-state index contributed by atoms with van der Waals surface area (Å²) in [6.45, 7) is 5.78. The number of anilines is 1. The van der Waals surface area contributed by atoms with E-state index in [-0.39, 0.29) is 5.54 Å². The minimum atomic E-state index is -0.435. The van der Waals surface area contributed by atoms with Crippen LogP contribution in [0.25, 0.3) is 22.2 Å². The number of benzene rings is 1. The zero-order valence-corrected chi connectivity index (χ0v) is 21.9. The van der Waals surface area contributed by atoms with Gasteiger partial charge in [0.05, 0.1) is 22.7 Å². The molecule has 10 heteroatoms. The molecule has 0 aliphatic carbocycles. The molecule has 4 aromatic rings. The van der Waals surface area contributed by atoms with Crippen molar-refractivity contribution in [2.75, 3.05) is 25.1 Å². The fourth-order valence-electron chi connectivity index (χ4n) is 4.52. The Balaban J connectivity index is 1.44. The van der Waals surface area contributed by atoms with Crippen LogP contribution >= 0.6 is 23.2 Å². The van der Waals surface area contributed by atoms with Crippen molar-refractivity contribution in [3.63, 3.8) is 0 Å². The summed E-state index contributed by atoms with van der Waals surface area (Å²) >= 11 is 12.7. The van der Waals surface area contributed by atoms with Gasteiger partial charge in [-0.2, -0.15) is 5.10 Å². The van der Waals surface area contributed by atoms with Crippen LogP contribution < -0.4 is 20.1 Å². The first-order valence-corrected chi connectivity index (χ1v) is 12.5. The lowest BCUT2D eigenvalue weighted by molar-refractivity contribution is 0.216. The van der Waals surface area contributed by atoms with E-state index in [1.807, 2.05) is 37.4 Å². The number of rotatable bonds is 6. The number of pyridine rings is 2. The van der Waals surface area contributed by atoms with E-state index in [1.165, 1.54) is 0 Å². The molecule has 0 amide bonds. The monoisotopic (exact) mass is 526 g/mol. The first-order valence-electron chi connectivity index (χ1n) is 11.8. The maximum absolute atomic E-state index is 6.34. The molecule has 0 unspecified atom stereocenters. The highest BCUT2D eigenvalue weighted by Crippen LogP contribution is 2.40. The highest BCUT2D eigenvalue weighted by atomic mass is 35.5. The lowest BCUT2D eigenvalue weighted by atomic mass is 9.91. The highest BCUT2D eigenvalue weighted by Gasteiger charge is 2.26. The third-order valence-electron chi connectivity index (χ3n) is 6.70. The number of fused-ring (bicyclic) bond motifs is 1. The van der Waals surface area contributed by atoms with E-state index in [0.29, 0.717) is 27.1 Å². The number of hydrogen-bond donors (Lipinski definition) is 2. The Morgan fingerprint density at radius 1 is 1.08 bits per heavy atom. The SMILES string of the molecule is COc1cc2[nH]nc(-c3ccc(N4CCC(C)(N)CC4)nc3)c2cc1O[C@H](C)c1c(Cl)cncc1Cl. The van der Waals surface area contributed by atoms with Crippen molar-refractivity contribution in [1.29, 1.82) is 0 Å². The molecular weight excluding hydrogens is 499 g/mol. The Bertz CT molecular complexity index is 1360. The smallest absolute Gasteiger partial charge is 0.162 e. The molecule has 188 valence electrons. The molecule has 1 aliphatic rings. The topological polar surface area (TPSA) is 102 Å². The summed E-state index contributed by atoms with van der Waals surface area (Å²) in [6, 6.07) is 7.85. The van der Waals surface area contributed by atoms with Gasteiger partial charge in [-0.05, 0) is 44.9 Å². The van der Waals surface area contributed by atoms with Crippen LogP contribution in [0.2, 0.25) is 10.0 Å². The Morgan fingerprint density at radius 3 is 2.44 bits per heavy atom. The van der Waals surface area contributed by atoms with Crippen molar-refractivity contribution in [2.24, 2.45) is 5.73 Å². The Morgan fingerprint density at radius 2 is 1.81 bits per heavy atom. The molecular formula is C26H28Cl2N6O2. The number of aromatic nitrogens is 4. The molecule has 1 fully saturated rings. The predicted molar refractivity (Wildman–Crippen MR) is 143 cm³/mol. The summed E-state index contributed by atoms with van der Waals surface area (Å²) < 4.78 is 11.9. The standard InChI is InChI=1S/C26H28Cl2N6O2/c1-15(24-18(27)13-30-14-19(24)28)36-22-10-17-20(11-21(22)35-3)32-33-25(17)16-4-5-23(31-12-16)34-8-6-26(2,29)7-9-34/h4-5,10-15H,6-9,29H2,1-3H3,(H,32,33)/t15-/m1/s1. The number of nitrogens with zero attached hydrogens (tertiary/aromatic N) is 4. The van der Waals surface area contributed by atoms with Gasteiger partial charge < -0.3 is 20.1 Å². The average molecular weight is 527 g/mol. The van der Waals surface area contributed by atoms with Crippen LogP contribution in [0.3, 0.4) is 0 Å². The molecule has 3 N–H and O–H groups in total. The molecule has 0 bridgehead atoms. The number of ether oxygens (including phenoxy) is 2. The lowest BCUT2D eigenvalue weighted by Gasteiger charge is -2.37. The number of nitrogens with one attached hydrogen (secondary N) is 1. The number of nitrogens with two attached hydrogens (primary N) is 1. The number of piperidine rings is 1. The summed E-state index contributed by atoms with van der Waals surface area (Å²) in [4.78, 5) is 11.0. The van der Waals surface area contributed by atoms with E-state index in [9.17, 15) is 0 Å². The van der Waals surface area contributed by atoms with Crippen molar-refractivity contribution in [1.82, 2.24) is 20.2 Å². The van der Waals surface area contributed by atoms with Crippen LogP contribution in [0.4, 0.5) is 5.82 Å². The molecule has 8 nitrogen and oxygen atoms in total. The molecule has 3 aromatic heterocycles. The maximum Gasteiger partial charge on any atom is 0.162 e. The fraction of sp³-hybridized carbons (Fsp3) is 0.346. The molecule has 0 radical (unpaired) electrons. The molecule has 1 saturated heterocycles. The fourth-order valence-corrected chi connectivity index (χ4v) is 5.19. The molecule has 36 heavy (non-hydrogen) atoms. The number of hydrogen-bond acceptors (Lipinski definition) is 7. The minimum Gasteiger partial charge on any atom is -0.493 e. The normalized spacial score (nSPS) is 16.2. The second-order valence-electron chi connectivity index (χ2n) is 9.44. The van der Waals surface area contributed by atoms with Crippen LogP contribution in [0.5, 0.6) is 11.5 Å². The summed E-state index contributed by atoms with van der Waals surface area (Å²) in [6.07, 6.45) is 6.40. The van der Waals surface area contributed by atoms with Crippen LogP contribution in [-0.2, 0) is 0 Å². The summed E-state index contributed by atoms with van der Waals surface area (Å²) in [5.74, 6) is 2.06. The van der Waals surface area contributed by atoms with Gasteiger partial charge >= 0.3 is 0 Å². The molecule has 1 aromatic carbocycles. The van der Waals surface area contributed by atoms with Crippen LogP contribution in [0.15, 0.2) is 42.9 Å². The molecule has 1 aliphatic heterocycles. The summed E-state index contributed by atoms with van der Waals surface area (Å²) in [5, 5.41) is 9.41. The molecule has 1 atom stereocenters. The van der Waals surface area contributed by atoms with Crippen LogP contribution in [0.1, 0.15) is 38.4 Å². The Hall–Kier alpha value is -3.07. The summed E-state index contributed by atoms with van der Waals surface area (Å²) in [5.41, 5.74) is 9.33. The molecule has 4 heterocycles. The molecule has 5 rings (SSSR count). The van der Waals surface area contributed by atoms with Gasteiger partial charge in [0.2, 0.25) is 0 Å². The first kappa shape index (κ1) is 24.6. The van der Waals surface area contributed by atoms with Gasteiger partial charge in [0.1, 0.15) is 17.6 Å². The number of halogens is 2. The second-order valence-corrected chi connectivity index (χ2v) is 10.3. The van der Waals surface area contributed by atoms with Crippen molar-refractivity contribution >= 4 is 39.9 Å². The third kappa shape index (κ3) is 4.81. The quantitative estimate of drug-likeness (QED) is 0.327. The Labute approximate surface area is 219 Å². The van der Waals surface area contributed by atoms with Crippen molar-refractivity contribution < 1.29 is 9.47 Å². The molecule has 0 saturated carbocycles. The lowest BCUT2D eigenvalue weighted by Crippen LogP contribution is -2.48. The van der Waals surface area contributed by atoms with Crippen molar-refractivity contribution in [2.45, 2.75) is 38.3 Å². The van der Waals surface area contributed by atoms with Gasteiger partial charge in [-0.15, -0.1) is 0 Å². The second kappa shape index (κ2) is 9.76. The van der Waals surface area contributed by atoms with Gasteiger partial charge in [0, 0.05) is 59.8 Å². The van der Waals surface area contributed by atoms with Gasteiger partial charge in [-0.1, -0.05) is 23.2 Å². The van der Waals surface area contributed by atoms with Crippen molar-refractivity contribution in [3.05, 3.63) is 58.5 Å². The van der Waals surface area contributed by atoms with E-state index in [2.05, 4.69) is 27.0 Å². The van der Waals surface area contributed by atoms with E-state index in [1.54, 1.807) is 19.5 Å². The first-order chi connectivity index (χ1) is 17.3. The number of aromatic amines is 1. The van der Waals surface area contributed by atoms with E-state index < -0.39 is 6.10 Å². The van der Waals surface area contributed by atoms with Crippen molar-refractivity contribution in [3.8, 4) is 22.8 Å². The minimum absolute atomic E-state index is 0.100. The largest absolute Gasteiger partial charge is 0.493 e. The summed E-state index contributed by atoms with van der Waals surface area (Å²) in [7, 11) is 1.60. The van der Waals surface area contributed by atoms with E-state index >= 15 is 0 Å². The van der Waals surface area contributed by atoms with Gasteiger partial charge in [-0.25, -0.2) is 4.98 Å². The van der Waals surface area contributed by atoms with E-state index in [0.717, 1.165) is 53.9 Å². The Kier molecular flexibility index (Phi) is 6.68. The maximum atomic E-state index is 6.34. The number of H-pyrrole nitrogens is 1.